The van der Waals surface area contributed by atoms with Crippen LogP contribution < -0.4 is 10.6 Å². The molecule has 1 aliphatic carbocycles. The van der Waals surface area contributed by atoms with Gasteiger partial charge in [-0.3, -0.25) is 14.6 Å². The van der Waals surface area contributed by atoms with Crippen molar-refractivity contribution in [3.63, 3.8) is 0 Å². The molecule has 0 aromatic rings. The van der Waals surface area contributed by atoms with E-state index in [2.05, 4.69) is 17.6 Å². The summed E-state index contributed by atoms with van der Waals surface area (Å²) in [6.45, 7) is 11.0. The topological polar surface area (TPSA) is 83.0 Å². The van der Waals surface area contributed by atoms with E-state index in [1.165, 1.54) is 12.8 Å². The highest BCUT2D eigenvalue weighted by molar-refractivity contribution is 14.0. The Balaban J connectivity index is 0.00000512. The molecule has 186 valence electrons. The van der Waals surface area contributed by atoms with Crippen LogP contribution in [0.3, 0.4) is 0 Å². The van der Waals surface area contributed by atoms with Crippen LogP contribution in [0.5, 0.6) is 0 Å². The van der Waals surface area contributed by atoms with E-state index in [0.717, 1.165) is 77.1 Å². The molecule has 0 aromatic carbocycles. The number of carbonyl (C=O) groups excluding carboxylic acids is 2. The number of amides is 1. The zero-order chi connectivity index (χ0) is 22.7. The van der Waals surface area contributed by atoms with E-state index < -0.39 is 5.60 Å². The summed E-state index contributed by atoms with van der Waals surface area (Å²) < 4.78 is 5.34. The van der Waals surface area contributed by atoms with Crippen LogP contribution >= 0.6 is 24.0 Å². The summed E-state index contributed by atoms with van der Waals surface area (Å²) >= 11 is 0. The standard InChI is InChI=1S/C24H44N4O3.HI/c1-5-25-23(26-16-11-7-6-8-14-21(29)31-24(2,3)4)27-20-15-17-28(18-20)22(30)19-12-9-10-13-19;/h19-20H,5-18H2,1-4H3,(H2,25,26,27);1H. The normalized spacial score (nSPS) is 19.6. The number of rotatable bonds is 10. The summed E-state index contributed by atoms with van der Waals surface area (Å²) in [4.78, 5) is 31.1. The van der Waals surface area contributed by atoms with Crippen molar-refractivity contribution in [1.29, 1.82) is 0 Å². The predicted molar refractivity (Wildman–Crippen MR) is 140 cm³/mol. The van der Waals surface area contributed by atoms with Gasteiger partial charge in [-0.2, -0.15) is 0 Å². The molecule has 7 nitrogen and oxygen atoms in total. The molecule has 2 rings (SSSR count). The van der Waals surface area contributed by atoms with Crippen molar-refractivity contribution >= 4 is 41.8 Å². The molecule has 1 amide bonds. The maximum absolute atomic E-state index is 12.6. The van der Waals surface area contributed by atoms with Gasteiger partial charge in [0.2, 0.25) is 5.91 Å². The van der Waals surface area contributed by atoms with Gasteiger partial charge in [0, 0.05) is 44.6 Å². The number of hydrogen-bond acceptors (Lipinski definition) is 4. The van der Waals surface area contributed by atoms with Crippen molar-refractivity contribution in [1.82, 2.24) is 15.5 Å². The Morgan fingerprint density at radius 3 is 2.41 bits per heavy atom. The van der Waals surface area contributed by atoms with Crippen molar-refractivity contribution in [2.75, 3.05) is 26.2 Å². The molecule has 1 heterocycles. The number of nitrogens with one attached hydrogen (secondary N) is 2. The average Bonchev–Trinajstić information content (AvgIpc) is 3.37. The highest BCUT2D eigenvalue weighted by atomic mass is 127. The van der Waals surface area contributed by atoms with Crippen LogP contribution in [0.15, 0.2) is 4.99 Å². The zero-order valence-electron chi connectivity index (χ0n) is 20.6. The molecule has 8 heteroatoms. The Morgan fingerprint density at radius 2 is 1.75 bits per heavy atom. The van der Waals surface area contributed by atoms with Gasteiger partial charge in [0.25, 0.3) is 0 Å². The fraction of sp³-hybridized carbons (Fsp3) is 0.875. The van der Waals surface area contributed by atoms with Gasteiger partial charge in [-0.25, -0.2) is 0 Å². The van der Waals surface area contributed by atoms with Gasteiger partial charge in [0.1, 0.15) is 5.60 Å². The Bertz CT molecular complexity index is 601. The first-order valence-corrected chi connectivity index (χ1v) is 12.3. The summed E-state index contributed by atoms with van der Waals surface area (Å²) in [5, 5.41) is 6.84. The molecule has 2 aliphatic rings. The van der Waals surface area contributed by atoms with Crippen LogP contribution in [0.2, 0.25) is 0 Å². The molecule has 0 radical (unpaired) electrons. The SMILES string of the molecule is CCNC(=NCCCCCCC(=O)OC(C)(C)C)NC1CCN(C(=O)C2CCCC2)C1.I. The van der Waals surface area contributed by atoms with Crippen LogP contribution in [0, 0.1) is 5.92 Å². The van der Waals surface area contributed by atoms with E-state index in [1.807, 2.05) is 25.7 Å². The maximum Gasteiger partial charge on any atom is 0.306 e. The predicted octanol–water partition coefficient (Wildman–Crippen LogP) is 4.24. The maximum atomic E-state index is 12.6. The number of nitrogens with zero attached hydrogens (tertiary/aromatic N) is 2. The van der Waals surface area contributed by atoms with Crippen LogP contribution in [0.25, 0.3) is 0 Å². The van der Waals surface area contributed by atoms with Gasteiger partial charge in [-0.15, -0.1) is 24.0 Å². The minimum absolute atomic E-state index is 0. The lowest BCUT2D eigenvalue weighted by Gasteiger charge is -2.21. The first-order chi connectivity index (χ1) is 14.8. The molecular formula is C24H45IN4O3. The van der Waals surface area contributed by atoms with E-state index in [4.69, 9.17) is 9.73 Å². The average molecular weight is 565 g/mol. The third-order valence-electron chi connectivity index (χ3n) is 5.87. The first kappa shape index (κ1) is 29.0. The fourth-order valence-corrected chi connectivity index (χ4v) is 4.34. The Kier molecular flexibility index (Phi) is 13.5. The Hall–Kier alpha value is -1.06. The molecule has 0 aromatic heterocycles. The smallest absolute Gasteiger partial charge is 0.306 e. The van der Waals surface area contributed by atoms with Crippen molar-refractivity contribution in [3.05, 3.63) is 0 Å². The second kappa shape index (κ2) is 15.0. The van der Waals surface area contributed by atoms with E-state index in [1.54, 1.807) is 0 Å². The molecule has 32 heavy (non-hydrogen) atoms. The number of likely N-dealkylation sites (tertiary alicyclic amines) is 1. The summed E-state index contributed by atoms with van der Waals surface area (Å²) in [6, 6.07) is 0.275. The summed E-state index contributed by atoms with van der Waals surface area (Å²) in [5.41, 5.74) is -0.401. The van der Waals surface area contributed by atoms with Crippen LogP contribution in [-0.2, 0) is 14.3 Å². The lowest BCUT2D eigenvalue weighted by atomic mass is 10.1. The minimum Gasteiger partial charge on any atom is -0.460 e. The third-order valence-corrected chi connectivity index (χ3v) is 5.87. The molecular weight excluding hydrogens is 519 g/mol. The van der Waals surface area contributed by atoms with E-state index >= 15 is 0 Å². The number of unbranched alkanes of at least 4 members (excludes halogenated alkanes) is 3. The molecule has 1 atom stereocenters. The van der Waals surface area contributed by atoms with E-state index in [-0.39, 0.29) is 41.9 Å². The van der Waals surface area contributed by atoms with Gasteiger partial charge in [-0.1, -0.05) is 25.7 Å². The summed E-state index contributed by atoms with van der Waals surface area (Å²) in [7, 11) is 0. The molecule has 1 unspecified atom stereocenters. The van der Waals surface area contributed by atoms with Crippen LogP contribution in [0.1, 0.15) is 91.9 Å². The highest BCUT2D eigenvalue weighted by Gasteiger charge is 2.32. The molecule has 0 bridgehead atoms. The molecule has 2 fully saturated rings. The van der Waals surface area contributed by atoms with Gasteiger partial charge < -0.3 is 20.3 Å². The Morgan fingerprint density at radius 1 is 1.06 bits per heavy atom. The van der Waals surface area contributed by atoms with Gasteiger partial charge >= 0.3 is 5.97 Å². The molecule has 2 N–H and O–H groups in total. The van der Waals surface area contributed by atoms with Gasteiger partial charge in [0.15, 0.2) is 5.96 Å². The lowest BCUT2D eigenvalue weighted by Crippen LogP contribution is -2.45. The lowest BCUT2D eigenvalue weighted by molar-refractivity contribution is -0.154. The monoisotopic (exact) mass is 564 g/mol. The minimum atomic E-state index is -0.401. The molecule has 1 saturated heterocycles. The molecule has 1 saturated carbocycles. The Labute approximate surface area is 211 Å². The highest BCUT2D eigenvalue weighted by Crippen LogP contribution is 2.27. The molecule has 0 spiro atoms. The zero-order valence-corrected chi connectivity index (χ0v) is 22.9. The van der Waals surface area contributed by atoms with E-state index in [9.17, 15) is 9.59 Å². The molecule has 1 aliphatic heterocycles. The van der Waals surface area contributed by atoms with Gasteiger partial charge in [-0.05, 0) is 59.8 Å². The quantitative estimate of drug-likeness (QED) is 0.136. The summed E-state index contributed by atoms with van der Waals surface area (Å²) in [5.74, 6) is 1.35. The van der Waals surface area contributed by atoms with E-state index in [0.29, 0.717) is 12.3 Å². The number of guanidine groups is 1. The summed E-state index contributed by atoms with van der Waals surface area (Å²) in [6.07, 6.45) is 9.93. The van der Waals surface area contributed by atoms with Crippen LogP contribution in [0.4, 0.5) is 0 Å². The number of halogens is 1. The number of hydrogen-bond donors (Lipinski definition) is 2. The van der Waals surface area contributed by atoms with Crippen molar-refractivity contribution in [2.45, 2.75) is 104 Å². The number of carbonyl (C=O) groups is 2. The van der Waals surface area contributed by atoms with Crippen molar-refractivity contribution in [2.24, 2.45) is 10.9 Å². The second-order valence-electron chi connectivity index (χ2n) is 9.91. The van der Waals surface area contributed by atoms with Gasteiger partial charge in [0.05, 0.1) is 0 Å². The third kappa shape index (κ3) is 11.2. The van der Waals surface area contributed by atoms with Crippen LogP contribution in [-0.4, -0.2) is 60.6 Å². The largest absolute Gasteiger partial charge is 0.460 e. The number of esters is 1. The number of aliphatic imine (C=N–C) groups is 1. The number of ether oxygens (including phenoxy) is 1. The first-order valence-electron chi connectivity index (χ1n) is 12.3. The second-order valence-corrected chi connectivity index (χ2v) is 9.91. The van der Waals surface area contributed by atoms with Crippen molar-refractivity contribution in [3.8, 4) is 0 Å². The fourth-order valence-electron chi connectivity index (χ4n) is 4.34. The van der Waals surface area contributed by atoms with Crippen molar-refractivity contribution < 1.29 is 14.3 Å².